The summed E-state index contributed by atoms with van der Waals surface area (Å²) in [6, 6.07) is 0.279. The Morgan fingerprint density at radius 3 is 2.96 bits per heavy atom. The first-order valence-corrected chi connectivity index (χ1v) is 7.96. The quantitative estimate of drug-likeness (QED) is 0.819. The number of fused-ring (bicyclic) bond motifs is 1. The Morgan fingerprint density at radius 1 is 1.43 bits per heavy atom. The van der Waals surface area contributed by atoms with E-state index >= 15 is 0 Å². The zero-order chi connectivity index (χ0) is 16.4. The molecule has 0 bridgehead atoms. The molecule has 0 amide bonds. The van der Waals surface area contributed by atoms with Crippen LogP contribution in [0.3, 0.4) is 0 Å². The fourth-order valence-corrected chi connectivity index (χ4v) is 3.06. The summed E-state index contributed by atoms with van der Waals surface area (Å²) in [5, 5.41) is 7.47. The van der Waals surface area contributed by atoms with Crippen LogP contribution in [0, 0.1) is 11.8 Å². The van der Waals surface area contributed by atoms with Gasteiger partial charge in [0.15, 0.2) is 0 Å². The second-order valence-corrected chi connectivity index (χ2v) is 5.95. The lowest BCUT2D eigenvalue weighted by molar-refractivity contribution is 0.402. The predicted octanol–water partition coefficient (Wildman–Crippen LogP) is 0.835. The molecule has 3 rings (SSSR count). The Kier molecular flexibility index (Phi) is 4.35. The van der Waals surface area contributed by atoms with E-state index in [0.717, 1.165) is 19.3 Å². The Labute approximate surface area is 134 Å². The van der Waals surface area contributed by atoms with Crippen molar-refractivity contribution in [2.75, 3.05) is 5.32 Å². The maximum Gasteiger partial charge on any atom is 0.292 e. The van der Waals surface area contributed by atoms with Crippen LogP contribution in [0.5, 0.6) is 0 Å². The van der Waals surface area contributed by atoms with Gasteiger partial charge in [-0.1, -0.05) is 18.8 Å². The van der Waals surface area contributed by atoms with Crippen molar-refractivity contribution >= 4 is 17.0 Å². The van der Waals surface area contributed by atoms with Crippen molar-refractivity contribution in [3.05, 3.63) is 16.6 Å². The monoisotopic (exact) mass is 314 g/mol. The molecule has 0 saturated heterocycles. The fourth-order valence-electron chi connectivity index (χ4n) is 3.06. The third-order valence-corrected chi connectivity index (χ3v) is 4.39. The third kappa shape index (κ3) is 2.94. The molecule has 1 fully saturated rings. The van der Waals surface area contributed by atoms with Gasteiger partial charge in [0.1, 0.15) is 11.0 Å². The van der Waals surface area contributed by atoms with Gasteiger partial charge < -0.3 is 11.1 Å². The van der Waals surface area contributed by atoms with E-state index in [2.05, 4.69) is 27.2 Å². The standard InChI is InChI=1S/C16H22N6O/c1-3-4-9-22-14-13(10-18-21(2)15(14)23)20-16(22)19-12-8-6-5-7-11(12)17/h10-12H,5-9,17H2,1-2H3,(H,19,20)/t11-,12-/m1/s1. The molecule has 0 radical (unpaired) electrons. The number of aromatic nitrogens is 4. The van der Waals surface area contributed by atoms with Crippen LogP contribution < -0.4 is 16.6 Å². The van der Waals surface area contributed by atoms with Crippen LogP contribution in [0.4, 0.5) is 5.95 Å². The molecule has 1 aliphatic carbocycles. The van der Waals surface area contributed by atoms with Gasteiger partial charge in [0.2, 0.25) is 5.95 Å². The fraction of sp³-hybridized carbons (Fsp3) is 0.562. The number of rotatable bonds is 3. The lowest BCUT2D eigenvalue weighted by atomic mass is 9.91. The van der Waals surface area contributed by atoms with E-state index in [1.165, 1.54) is 11.1 Å². The van der Waals surface area contributed by atoms with Crippen LogP contribution >= 0.6 is 0 Å². The number of aryl methyl sites for hydroxylation is 1. The van der Waals surface area contributed by atoms with Crippen LogP contribution in [0.15, 0.2) is 11.0 Å². The van der Waals surface area contributed by atoms with E-state index in [0.29, 0.717) is 23.5 Å². The maximum atomic E-state index is 12.4. The van der Waals surface area contributed by atoms with Gasteiger partial charge >= 0.3 is 0 Å². The molecule has 0 aliphatic heterocycles. The van der Waals surface area contributed by atoms with Crippen LogP contribution in [0.2, 0.25) is 0 Å². The summed E-state index contributed by atoms with van der Waals surface area (Å²) in [6.45, 7) is 2.19. The number of anilines is 1. The Bertz CT molecular complexity index is 825. The molecule has 23 heavy (non-hydrogen) atoms. The zero-order valence-corrected chi connectivity index (χ0v) is 13.5. The number of nitrogens with zero attached hydrogens (tertiary/aromatic N) is 4. The van der Waals surface area contributed by atoms with Crippen molar-refractivity contribution in [2.24, 2.45) is 12.8 Å². The molecule has 0 spiro atoms. The largest absolute Gasteiger partial charge is 0.351 e. The highest BCUT2D eigenvalue weighted by Gasteiger charge is 2.24. The molecule has 0 unspecified atom stereocenters. The topological polar surface area (TPSA) is 90.8 Å². The molecule has 7 heteroatoms. The minimum atomic E-state index is -0.172. The van der Waals surface area contributed by atoms with Gasteiger partial charge in [-0.25, -0.2) is 9.67 Å². The highest BCUT2D eigenvalue weighted by Crippen LogP contribution is 2.22. The number of hydrogen-bond acceptors (Lipinski definition) is 5. The number of imidazole rings is 1. The average molecular weight is 314 g/mol. The summed E-state index contributed by atoms with van der Waals surface area (Å²) in [6.07, 6.45) is 5.96. The van der Waals surface area contributed by atoms with Gasteiger partial charge in [-0.2, -0.15) is 5.10 Å². The Hall–Kier alpha value is -2.33. The zero-order valence-electron chi connectivity index (χ0n) is 13.5. The third-order valence-electron chi connectivity index (χ3n) is 4.39. The molecular weight excluding hydrogens is 292 g/mol. The Morgan fingerprint density at radius 2 is 2.22 bits per heavy atom. The lowest BCUT2D eigenvalue weighted by Crippen LogP contribution is -2.43. The smallest absolute Gasteiger partial charge is 0.292 e. The molecule has 2 aromatic rings. The van der Waals surface area contributed by atoms with E-state index in [4.69, 9.17) is 5.73 Å². The normalized spacial score (nSPS) is 21.0. The van der Waals surface area contributed by atoms with Gasteiger partial charge in [-0.15, -0.1) is 5.92 Å². The first-order chi connectivity index (χ1) is 11.1. The van der Waals surface area contributed by atoms with E-state index in [-0.39, 0.29) is 17.6 Å². The van der Waals surface area contributed by atoms with E-state index < -0.39 is 0 Å². The summed E-state index contributed by atoms with van der Waals surface area (Å²) in [4.78, 5) is 17.0. The molecule has 2 aromatic heterocycles. The highest BCUT2D eigenvalue weighted by molar-refractivity contribution is 5.77. The molecular formula is C16H22N6O. The van der Waals surface area contributed by atoms with Crippen LogP contribution in [-0.4, -0.2) is 31.4 Å². The molecule has 3 N–H and O–H groups in total. The van der Waals surface area contributed by atoms with Crippen molar-refractivity contribution in [3.63, 3.8) is 0 Å². The highest BCUT2D eigenvalue weighted by atomic mass is 16.1. The second-order valence-electron chi connectivity index (χ2n) is 5.95. The van der Waals surface area contributed by atoms with Crippen LogP contribution in [-0.2, 0) is 13.6 Å². The second kappa shape index (κ2) is 6.42. The van der Waals surface area contributed by atoms with Crippen LogP contribution in [0.1, 0.15) is 32.6 Å². The van der Waals surface area contributed by atoms with Crippen LogP contribution in [0.25, 0.3) is 11.0 Å². The summed E-state index contributed by atoms with van der Waals surface area (Å²) in [7, 11) is 1.63. The Balaban J connectivity index is 2.05. The van der Waals surface area contributed by atoms with Gasteiger partial charge in [-0.05, 0) is 19.8 Å². The van der Waals surface area contributed by atoms with Crippen molar-refractivity contribution in [2.45, 2.75) is 51.2 Å². The molecule has 2 atom stereocenters. The summed E-state index contributed by atoms with van der Waals surface area (Å²) >= 11 is 0. The van der Waals surface area contributed by atoms with Crippen molar-refractivity contribution < 1.29 is 0 Å². The molecule has 1 aliphatic rings. The minimum Gasteiger partial charge on any atom is -0.351 e. The number of hydrogen-bond donors (Lipinski definition) is 2. The van der Waals surface area contributed by atoms with E-state index in [9.17, 15) is 4.79 Å². The number of nitrogens with one attached hydrogen (secondary N) is 1. The summed E-state index contributed by atoms with van der Waals surface area (Å²) in [5.74, 6) is 6.53. The van der Waals surface area contributed by atoms with Gasteiger partial charge in [-0.3, -0.25) is 9.36 Å². The summed E-state index contributed by atoms with van der Waals surface area (Å²) in [5.41, 5.74) is 7.15. The molecule has 122 valence electrons. The predicted molar refractivity (Wildman–Crippen MR) is 90.1 cm³/mol. The summed E-state index contributed by atoms with van der Waals surface area (Å²) < 4.78 is 3.15. The maximum absolute atomic E-state index is 12.4. The first-order valence-electron chi connectivity index (χ1n) is 7.96. The van der Waals surface area contributed by atoms with E-state index in [1.54, 1.807) is 20.2 Å². The van der Waals surface area contributed by atoms with E-state index in [1.807, 2.05) is 4.57 Å². The first kappa shape index (κ1) is 15.6. The molecule has 2 heterocycles. The van der Waals surface area contributed by atoms with Crippen molar-refractivity contribution in [3.8, 4) is 11.8 Å². The SMILES string of the molecule is CC#CCn1c(N[C@@H]2CCCC[C@H]2N)nc2cnn(C)c(=O)c21. The minimum absolute atomic E-state index is 0.107. The molecule has 1 saturated carbocycles. The van der Waals surface area contributed by atoms with Gasteiger partial charge in [0, 0.05) is 19.1 Å². The number of nitrogens with two attached hydrogens (primary N) is 1. The average Bonchev–Trinajstić information content (AvgIpc) is 2.89. The van der Waals surface area contributed by atoms with Crippen molar-refractivity contribution in [1.82, 2.24) is 19.3 Å². The molecule has 0 aromatic carbocycles. The lowest BCUT2D eigenvalue weighted by Gasteiger charge is -2.29. The van der Waals surface area contributed by atoms with Gasteiger partial charge in [0.05, 0.1) is 12.7 Å². The van der Waals surface area contributed by atoms with Crippen molar-refractivity contribution in [1.29, 1.82) is 0 Å². The molecule has 7 nitrogen and oxygen atoms in total. The van der Waals surface area contributed by atoms with Gasteiger partial charge in [0.25, 0.3) is 5.56 Å².